The summed E-state index contributed by atoms with van der Waals surface area (Å²) in [6.45, 7) is 0.826. The molecular formula is C29H23F2N3O4S2. The number of fused-ring (bicyclic) bond motifs is 1. The first kappa shape index (κ1) is 27.2. The molecule has 0 saturated heterocycles. The van der Waals surface area contributed by atoms with E-state index in [0.717, 1.165) is 33.4 Å². The van der Waals surface area contributed by atoms with Gasteiger partial charge in [0.2, 0.25) is 0 Å². The van der Waals surface area contributed by atoms with Crippen LogP contribution in [0.3, 0.4) is 0 Å². The second-order valence-corrected chi connectivity index (χ2v) is 11.5. The molecule has 1 N–H and O–H groups in total. The number of carbonyl (C=O) groups is 1. The molecular weight excluding hydrogens is 556 g/mol. The van der Waals surface area contributed by atoms with Crippen LogP contribution in [-0.2, 0) is 27.8 Å². The average Bonchev–Trinajstić information content (AvgIpc) is 3.59. The summed E-state index contributed by atoms with van der Waals surface area (Å²) >= 11 is 1.42. The Morgan fingerprint density at radius 2 is 1.85 bits per heavy atom. The Kier molecular flexibility index (Phi) is 8.04. The number of hydrogen-bond acceptors (Lipinski definition) is 6. The van der Waals surface area contributed by atoms with Gasteiger partial charge >= 0.3 is 0 Å². The van der Waals surface area contributed by atoms with Crippen LogP contribution in [0.25, 0.3) is 16.8 Å². The summed E-state index contributed by atoms with van der Waals surface area (Å²) in [7, 11) is -4.40. The fourth-order valence-corrected chi connectivity index (χ4v) is 5.93. The molecule has 204 valence electrons. The van der Waals surface area contributed by atoms with Gasteiger partial charge in [-0.15, -0.1) is 11.3 Å². The van der Waals surface area contributed by atoms with Crippen LogP contribution in [0.5, 0.6) is 5.75 Å². The molecule has 0 aliphatic heterocycles. The summed E-state index contributed by atoms with van der Waals surface area (Å²) in [5, 5.41) is 8.34. The molecule has 40 heavy (non-hydrogen) atoms. The van der Waals surface area contributed by atoms with E-state index in [0.29, 0.717) is 43.0 Å². The van der Waals surface area contributed by atoms with Gasteiger partial charge in [-0.05, 0) is 46.7 Å². The molecule has 7 nitrogen and oxygen atoms in total. The highest BCUT2D eigenvalue weighted by molar-refractivity contribution is 7.90. The van der Waals surface area contributed by atoms with E-state index in [1.54, 1.807) is 16.3 Å². The minimum atomic E-state index is -4.40. The second kappa shape index (κ2) is 11.8. The van der Waals surface area contributed by atoms with Gasteiger partial charge in [-0.25, -0.2) is 21.9 Å². The van der Waals surface area contributed by atoms with E-state index in [4.69, 9.17) is 4.74 Å². The normalized spacial score (nSPS) is 11.8. The van der Waals surface area contributed by atoms with Gasteiger partial charge in [0.05, 0.1) is 22.9 Å². The van der Waals surface area contributed by atoms with Crippen molar-refractivity contribution in [1.29, 1.82) is 0 Å². The maximum atomic E-state index is 13.5. The zero-order valence-electron chi connectivity index (χ0n) is 21.0. The smallest absolute Gasteiger partial charge is 0.264 e. The number of halogens is 2. The van der Waals surface area contributed by atoms with Crippen LogP contribution in [0.4, 0.5) is 8.78 Å². The lowest BCUT2D eigenvalue weighted by atomic mass is 10.1. The number of benzene rings is 3. The summed E-state index contributed by atoms with van der Waals surface area (Å²) < 4.78 is 61.3. The molecule has 0 aliphatic carbocycles. The monoisotopic (exact) mass is 579 g/mol. The van der Waals surface area contributed by atoms with Crippen LogP contribution in [0.2, 0.25) is 0 Å². The van der Waals surface area contributed by atoms with Crippen molar-refractivity contribution >= 4 is 44.1 Å². The van der Waals surface area contributed by atoms with Crippen LogP contribution in [0, 0.1) is 11.6 Å². The van der Waals surface area contributed by atoms with Crippen molar-refractivity contribution < 1.29 is 26.7 Å². The molecule has 11 heteroatoms. The van der Waals surface area contributed by atoms with Crippen LogP contribution >= 0.6 is 11.3 Å². The highest BCUT2D eigenvalue weighted by Gasteiger charge is 2.19. The maximum Gasteiger partial charge on any atom is 0.264 e. The Bertz CT molecular complexity index is 1800. The fourth-order valence-electron chi connectivity index (χ4n) is 4.03. The number of thiophene rings is 1. The lowest BCUT2D eigenvalue weighted by molar-refractivity contribution is -0.114. The molecule has 5 aromatic rings. The molecule has 0 unspecified atom stereocenters. The van der Waals surface area contributed by atoms with Gasteiger partial charge < -0.3 is 4.74 Å². The number of nitrogens with one attached hydrogen (secondary N) is 1. The van der Waals surface area contributed by atoms with Crippen molar-refractivity contribution in [3.63, 3.8) is 0 Å². The Labute approximate surface area is 233 Å². The van der Waals surface area contributed by atoms with Crippen molar-refractivity contribution in [2.24, 2.45) is 0 Å². The van der Waals surface area contributed by atoms with Crippen LogP contribution in [-0.4, -0.2) is 30.7 Å². The molecule has 3 aromatic carbocycles. The Morgan fingerprint density at radius 1 is 1.02 bits per heavy atom. The van der Waals surface area contributed by atoms with Gasteiger partial charge in [-0.1, -0.05) is 42.5 Å². The molecule has 0 aliphatic rings. The van der Waals surface area contributed by atoms with Crippen LogP contribution < -0.4 is 9.46 Å². The molecule has 0 spiro atoms. The molecule has 5 rings (SSSR count). The third-order valence-corrected chi connectivity index (χ3v) is 8.33. The zero-order chi connectivity index (χ0) is 28.1. The first-order chi connectivity index (χ1) is 19.3. The number of sulfonamides is 1. The van der Waals surface area contributed by atoms with E-state index in [-0.39, 0.29) is 0 Å². The lowest BCUT2D eigenvalue weighted by Gasteiger charge is -2.10. The van der Waals surface area contributed by atoms with Crippen LogP contribution in [0.15, 0.2) is 95.5 Å². The van der Waals surface area contributed by atoms with E-state index in [1.807, 2.05) is 29.1 Å². The number of nitrogens with zero attached hydrogens (tertiary/aromatic N) is 2. The predicted octanol–water partition coefficient (Wildman–Crippen LogP) is 5.56. The second-order valence-electron chi connectivity index (χ2n) is 8.81. The topological polar surface area (TPSA) is 90.3 Å². The van der Waals surface area contributed by atoms with Gasteiger partial charge in [0, 0.05) is 35.8 Å². The zero-order valence-corrected chi connectivity index (χ0v) is 22.6. The van der Waals surface area contributed by atoms with E-state index >= 15 is 0 Å². The van der Waals surface area contributed by atoms with Crippen molar-refractivity contribution in [3.05, 3.63) is 118 Å². The molecule has 0 fully saturated rings. The van der Waals surface area contributed by atoms with Gasteiger partial charge in [0.15, 0.2) is 11.6 Å². The highest BCUT2D eigenvalue weighted by Crippen LogP contribution is 2.33. The van der Waals surface area contributed by atoms with E-state index < -0.39 is 32.5 Å². The maximum absolute atomic E-state index is 13.5. The fraction of sp³-hybridized carbons (Fsp3) is 0.103. The first-order valence-corrected chi connectivity index (χ1v) is 14.5. The summed E-state index contributed by atoms with van der Waals surface area (Å²) in [5.41, 5.74) is 1.70. The van der Waals surface area contributed by atoms with Crippen LogP contribution in [0.1, 0.15) is 16.0 Å². The highest BCUT2D eigenvalue weighted by atomic mass is 32.2. The number of ether oxygens (including phenoxy) is 1. The van der Waals surface area contributed by atoms with E-state index in [9.17, 15) is 22.0 Å². The molecule has 1 amide bonds. The van der Waals surface area contributed by atoms with Gasteiger partial charge in [-0.3, -0.25) is 9.48 Å². The Morgan fingerprint density at radius 3 is 2.62 bits per heavy atom. The summed E-state index contributed by atoms with van der Waals surface area (Å²) in [5.74, 6) is -2.92. The lowest BCUT2D eigenvalue weighted by Crippen LogP contribution is -2.29. The van der Waals surface area contributed by atoms with Crippen molar-refractivity contribution in [2.75, 3.05) is 6.61 Å². The van der Waals surface area contributed by atoms with E-state index in [2.05, 4.69) is 35.4 Å². The van der Waals surface area contributed by atoms with Gasteiger partial charge in [-0.2, -0.15) is 5.10 Å². The first-order valence-electron chi connectivity index (χ1n) is 12.2. The average molecular weight is 580 g/mol. The minimum absolute atomic E-state index is 0.374. The van der Waals surface area contributed by atoms with Crippen molar-refractivity contribution in [3.8, 4) is 5.75 Å². The summed E-state index contributed by atoms with van der Waals surface area (Å²) in [4.78, 5) is 12.7. The standard InChI is InChI=1S/C29H23F2N3O4S2/c30-25-10-9-24(17-26(25)31)40(36,37)33-28(35)11-8-23-19-39-27(18-34-14-3-13-32-34)29(23)38-15-12-20-6-7-21-4-1-2-5-22(21)16-20/h1-11,13-14,16-17,19H,12,15,18H2,(H,33,35). The SMILES string of the molecule is O=C(C=Cc1csc(Cn2cccn2)c1OCCc1ccc2ccccc2c1)NS(=O)(=O)c1ccc(F)c(F)c1. The molecule has 0 radical (unpaired) electrons. The largest absolute Gasteiger partial charge is 0.491 e. The molecule has 0 atom stereocenters. The number of hydrogen-bond donors (Lipinski definition) is 1. The Hall–Kier alpha value is -4.35. The quantitative estimate of drug-likeness (QED) is 0.219. The minimum Gasteiger partial charge on any atom is -0.491 e. The third-order valence-electron chi connectivity index (χ3n) is 6.01. The number of carbonyl (C=O) groups excluding carboxylic acids is 1. The predicted molar refractivity (Wildman–Crippen MR) is 150 cm³/mol. The summed E-state index contributed by atoms with van der Waals surface area (Å²) in [6.07, 6.45) is 6.65. The van der Waals surface area contributed by atoms with Crippen molar-refractivity contribution in [1.82, 2.24) is 14.5 Å². The summed E-state index contributed by atoms with van der Waals surface area (Å²) in [6, 6.07) is 18.2. The molecule has 2 aromatic heterocycles. The number of rotatable bonds is 10. The molecule has 0 saturated carbocycles. The number of amides is 1. The van der Waals surface area contributed by atoms with E-state index in [1.165, 1.54) is 17.4 Å². The molecule has 0 bridgehead atoms. The van der Waals surface area contributed by atoms with Crippen molar-refractivity contribution in [2.45, 2.75) is 17.9 Å². The third kappa shape index (κ3) is 6.44. The molecule has 2 heterocycles. The Balaban J connectivity index is 1.31. The number of aromatic nitrogens is 2. The van der Waals surface area contributed by atoms with Gasteiger partial charge in [0.1, 0.15) is 5.75 Å². The van der Waals surface area contributed by atoms with Gasteiger partial charge in [0.25, 0.3) is 15.9 Å².